The number of nitrogens with zero attached hydrogens (tertiary/aromatic N) is 2. The van der Waals surface area contributed by atoms with Crippen molar-refractivity contribution in [2.24, 2.45) is 11.8 Å². The highest BCUT2D eigenvalue weighted by atomic mass is 16.2. The Bertz CT molecular complexity index is 602. The van der Waals surface area contributed by atoms with Crippen molar-refractivity contribution in [2.75, 3.05) is 33.7 Å². The summed E-state index contributed by atoms with van der Waals surface area (Å²) in [7, 11) is 3.80. The number of hydrogen-bond donors (Lipinski definition) is 1. The van der Waals surface area contributed by atoms with Gasteiger partial charge in [-0.25, -0.2) is 0 Å². The second-order valence-corrected chi connectivity index (χ2v) is 7.36. The van der Waals surface area contributed by atoms with E-state index in [1.807, 2.05) is 49.3 Å². The summed E-state index contributed by atoms with van der Waals surface area (Å²) in [5, 5.41) is 3.23. The molecule has 1 aromatic carbocycles. The Kier molecular flexibility index (Phi) is 5.74. The lowest BCUT2D eigenvalue weighted by Gasteiger charge is -2.42. The number of rotatable bonds is 4. The SMILES string of the molecule is CNCC1CCCN(C(=O)C2CCC(=O)N(C)C2c2ccccc2)C1. The summed E-state index contributed by atoms with van der Waals surface area (Å²) in [5.41, 5.74) is 1.06. The molecule has 2 amide bonds. The molecular formula is C20H29N3O2. The van der Waals surface area contributed by atoms with E-state index in [1.54, 1.807) is 4.90 Å². The third-order valence-corrected chi connectivity index (χ3v) is 5.64. The van der Waals surface area contributed by atoms with Crippen molar-refractivity contribution in [2.45, 2.75) is 31.7 Å². The summed E-state index contributed by atoms with van der Waals surface area (Å²) in [6.07, 6.45) is 3.35. The molecule has 0 bridgehead atoms. The van der Waals surface area contributed by atoms with Gasteiger partial charge in [0.25, 0.3) is 0 Å². The lowest BCUT2D eigenvalue weighted by Crippen LogP contribution is -2.50. The zero-order valence-corrected chi connectivity index (χ0v) is 15.3. The fourth-order valence-corrected chi connectivity index (χ4v) is 4.36. The molecule has 0 aliphatic carbocycles. The van der Waals surface area contributed by atoms with Gasteiger partial charge in [0, 0.05) is 26.6 Å². The van der Waals surface area contributed by atoms with Gasteiger partial charge in [-0.2, -0.15) is 0 Å². The van der Waals surface area contributed by atoms with Crippen LogP contribution in [0.25, 0.3) is 0 Å². The summed E-state index contributed by atoms with van der Waals surface area (Å²) < 4.78 is 0. The van der Waals surface area contributed by atoms with E-state index in [0.29, 0.717) is 18.8 Å². The molecule has 5 nitrogen and oxygen atoms in total. The van der Waals surface area contributed by atoms with Gasteiger partial charge >= 0.3 is 0 Å². The number of piperidine rings is 2. The fraction of sp³-hybridized carbons (Fsp3) is 0.600. The molecule has 2 heterocycles. The Morgan fingerprint density at radius 1 is 1.24 bits per heavy atom. The lowest BCUT2D eigenvalue weighted by atomic mass is 9.83. The maximum atomic E-state index is 13.3. The molecule has 2 saturated heterocycles. The van der Waals surface area contributed by atoms with E-state index in [4.69, 9.17) is 0 Å². The number of likely N-dealkylation sites (tertiary alicyclic amines) is 2. The maximum absolute atomic E-state index is 13.3. The minimum Gasteiger partial charge on any atom is -0.342 e. The van der Waals surface area contributed by atoms with Crippen molar-refractivity contribution in [1.29, 1.82) is 0 Å². The number of carbonyl (C=O) groups is 2. The van der Waals surface area contributed by atoms with Crippen LogP contribution >= 0.6 is 0 Å². The van der Waals surface area contributed by atoms with Gasteiger partial charge in [0.05, 0.1) is 12.0 Å². The van der Waals surface area contributed by atoms with Gasteiger partial charge in [-0.15, -0.1) is 0 Å². The van der Waals surface area contributed by atoms with Gasteiger partial charge in [-0.3, -0.25) is 9.59 Å². The van der Waals surface area contributed by atoms with E-state index in [-0.39, 0.29) is 23.8 Å². The smallest absolute Gasteiger partial charge is 0.228 e. The van der Waals surface area contributed by atoms with Crippen molar-refractivity contribution >= 4 is 11.8 Å². The highest BCUT2D eigenvalue weighted by Crippen LogP contribution is 2.37. The topological polar surface area (TPSA) is 52.7 Å². The Balaban J connectivity index is 1.80. The van der Waals surface area contributed by atoms with Crippen LogP contribution in [-0.2, 0) is 9.59 Å². The molecule has 0 radical (unpaired) electrons. The predicted octanol–water partition coefficient (Wildman–Crippen LogP) is 2.05. The van der Waals surface area contributed by atoms with Crippen molar-refractivity contribution in [3.8, 4) is 0 Å². The summed E-state index contributed by atoms with van der Waals surface area (Å²) in [6.45, 7) is 2.62. The fourth-order valence-electron chi connectivity index (χ4n) is 4.36. The van der Waals surface area contributed by atoms with Gasteiger partial charge < -0.3 is 15.1 Å². The highest BCUT2D eigenvalue weighted by molar-refractivity contribution is 5.85. The summed E-state index contributed by atoms with van der Waals surface area (Å²) in [4.78, 5) is 29.4. The van der Waals surface area contributed by atoms with Crippen molar-refractivity contribution in [3.05, 3.63) is 35.9 Å². The first-order chi connectivity index (χ1) is 12.1. The second-order valence-electron chi connectivity index (χ2n) is 7.36. The highest BCUT2D eigenvalue weighted by Gasteiger charge is 2.41. The van der Waals surface area contributed by atoms with Crippen molar-refractivity contribution in [1.82, 2.24) is 15.1 Å². The first-order valence-corrected chi connectivity index (χ1v) is 9.35. The van der Waals surface area contributed by atoms with Gasteiger partial charge in [0.1, 0.15) is 0 Å². The van der Waals surface area contributed by atoms with Crippen LogP contribution in [0.15, 0.2) is 30.3 Å². The van der Waals surface area contributed by atoms with Crippen LogP contribution in [0.4, 0.5) is 0 Å². The Morgan fingerprint density at radius 3 is 2.72 bits per heavy atom. The Morgan fingerprint density at radius 2 is 2.00 bits per heavy atom. The number of carbonyl (C=O) groups excluding carboxylic acids is 2. The van der Waals surface area contributed by atoms with Crippen molar-refractivity contribution in [3.63, 3.8) is 0 Å². The summed E-state index contributed by atoms with van der Waals surface area (Å²) >= 11 is 0. The van der Waals surface area contributed by atoms with E-state index in [9.17, 15) is 9.59 Å². The molecule has 2 fully saturated rings. The molecule has 2 aliphatic rings. The molecule has 3 rings (SSSR count). The van der Waals surface area contributed by atoms with Crippen LogP contribution in [0.1, 0.15) is 37.3 Å². The molecule has 0 saturated carbocycles. The first-order valence-electron chi connectivity index (χ1n) is 9.35. The molecule has 3 unspecified atom stereocenters. The monoisotopic (exact) mass is 343 g/mol. The van der Waals surface area contributed by atoms with Gasteiger partial charge in [-0.05, 0) is 44.3 Å². The molecule has 2 aliphatic heterocycles. The minimum absolute atomic E-state index is 0.129. The molecule has 0 spiro atoms. The van der Waals surface area contributed by atoms with Crippen molar-refractivity contribution < 1.29 is 9.59 Å². The van der Waals surface area contributed by atoms with Gasteiger partial charge in [-0.1, -0.05) is 30.3 Å². The predicted molar refractivity (Wildman–Crippen MR) is 97.9 cm³/mol. The van der Waals surface area contributed by atoms with Gasteiger partial charge in [0.15, 0.2) is 0 Å². The summed E-state index contributed by atoms with van der Waals surface area (Å²) in [6, 6.07) is 9.83. The standard InChI is InChI=1S/C20H29N3O2/c1-21-13-15-7-6-12-23(14-15)20(25)17-10-11-18(24)22(2)19(17)16-8-4-3-5-9-16/h3-5,8-9,15,17,19,21H,6-7,10-14H2,1-2H3. The van der Waals surface area contributed by atoms with Crippen LogP contribution < -0.4 is 5.32 Å². The molecule has 136 valence electrons. The second kappa shape index (κ2) is 8.00. The Labute approximate surface area is 150 Å². The third kappa shape index (κ3) is 3.87. The van der Waals surface area contributed by atoms with Crippen LogP contribution in [0.3, 0.4) is 0 Å². The van der Waals surface area contributed by atoms with Crippen LogP contribution in [0.2, 0.25) is 0 Å². The van der Waals surface area contributed by atoms with Crippen LogP contribution in [0.5, 0.6) is 0 Å². The van der Waals surface area contributed by atoms with E-state index < -0.39 is 0 Å². The third-order valence-electron chi connectivity index (χ3n) is 5.64. The number of amides is 2. The van der Waals surface area contributed by atoms with E-state index in [2.05, 4.69) is 5.32 Å². The number of nitrogens with one attached hydrogen (secondary N) is 1. The van der Waals surface area contributed by atoms with E-state index in [0.717, 1.165) is 31.6 Å². The largest absolute Gasteiger partial charge is 0.342 e. The normalized spacial score (nSPS) is 27.4. The molecular weight excluding hydrogens is 314 g/mol. The Hall–Kier alpha value is -1.88. The maximum Gasteiger partial charge on any atom is 0.228 e. The average molecular weight is 343 g/mol. The average Bonchev–Trinajstić information content (AvgIpc) is 2.64. The van der Waals surface area contributed by atoms with Crippen LogP contribution in [-0.4, -0.2) is 55.3 Å². The van der Waals surface area contributed by atoms with E-state index >= 15 is 0 Å². The molecule has 5 heteroatoms. The van der Waals surface area contributed by atoms with Crippen LogP contribution in [0, 0.1) is 11.8 Å². The quantitative estimate of drug-likeness (QED) is 0.910. The summed E-state index contributed by atoms with van der Waals surface area (Å²) in [5.74, 6) is 0.734. The minimum atomic E-state index is -0.153. The van der Waals surface area contributed by atoms with Gasteiger partial charge in [0.2, 0.25) is 11.8 Å². The molecule has 1 aromatic rings. The molecule has 1 N–H and O–H groups in total. The first kappa shape index (κ1) is 17.9. The zero-order valence-electron chi connectivity index (χ0n) is 15.3. The molecule has 3 atom stereocenters. The van der Waals surface area contributed by atoms with E-state index in [1.165, 1.54) is 6.42 Å². The number of benzene rings is 1. The number of hydrogen-bond acceptors (Lipinski definition) is 3. The molecule has 0 aromatic heterocycles. The lowest BCUT2D eigenvalue weighted by molar-refractivity contribution is -0.147. The zero-order chi connectivity index (χ0) is 17.8. The molecule has 25 heavy (non-hydrogen) atoms.